The van der Waals surface area contributed by atoms with Gasteiger partial charge in [-0.25, -0.2) is 9.18 Å². The second kappa shape index (κ2) is 6.58. The van der Waals surface area contributed by atoms with Crippen LogP contribution in [0.2, 0.25) is 5.82 Å². The summed E-state index contributed by atoms with van der Waals surface area (Å²) in [4.78, 5) is 12.1. The number of ether oxygens (including phenoxy) is 3. The van der Waals surface area contributed by atoms with Crippen LogP contribution >= 0.6 is 0 Å². The number of benzene rings is 1. The van der Waals surface area contributed by atoms with Crippen LogP contribution in [0.5, 0.6) is 0 Å². The number of carbonyl (C=O) groups excluding carboxylic acids is 1. The molecule has 0 bridgehead atoms. The lowest BCUT2D eigenvalue weighted by Gasteiger charge is -2.29. The fraction of sp³-hybridized carbons (Fsp3) is 0.533. The third kappa shape index (κ3) is 3.44. The maximum Gasteiger partial charge on any atom is 0.338 e. The van der Waals surface area contributed by atoms with E-state index < -0.39 is 29.7 Å². The Morgan fingerprint density at radius 3 is 2.71 bits per heavy atom. The van der Waals surface area contributed by atoms with Gasteiger partial charge in [-0.2, -0.15) is 0 Å². The Bertz CT molecular complexity index is 480. The van der Waals surface area contributed by atoms with E-state index in [4.69, 9.17) is 22.1 Å². The average Bonchev–Trinajstić information content (AvgIpc) is 2.69. The van der Waals surface area contributed by atoms with Crippen molar-refractivity contribution in [1.82, 2.24) is 0 Å². The summed E-state index contributed by atoms with van der Waals surface area (Å²) in [5.74, 6) is -1.35. The van der Waals surface area contributed by atoms with Crippen molar-refractivity contribution in [2.75, 3.05) is 13.9 Å². The summed E-state index contributed by atoms with van der Waals surface area (Å²) in [5.41, 5.74) is -1.48. The maximum atomic E-state index is 14.7. The molecule has 0 spiro atoms. The van der Waals surface area contributed by atoms with E-state index in [9.17, 15) is 9.18 Å². The molecule has 0 amide bonds. The second-order valence-electron chi connectivity index (χ2n) is 5.30. The lowest BCUT2D eigenvalue weighted by Crippen LogP contribution is -2.42. The number of esters is 1. The summed E-state index contributed by atoms with van der Waals surface area (Å²) in [6.45, 7) is 1.32. The SMILES string of the molecule is [B]C1CC(OCOC)C(OC(=O)c2ccccc2)C1(C)F. The first-order valence-electron chi connectivity index (χ1n) is 6.78. The lowest BCUT2D eigenvalue weighted by molar-refractivity contribution is -0.123. The highest BCUT2D eigenvalue weighted by molar-refractivity contribution is 6.13. The molecule has 1 aromatic rings. The summed E-state index contributed by atoms with van der Waals surface area (Å²) in [6, 6.07) is 8.43. The molecule has 1 fully saturated rings. The van der Waals surface area contributed by atoms with Gasteiger partial charge in [0.05, 0.1) is 13.4 Å². The number of rotatable bonds is 5. The number of alkyl halides is 1. The number of methoxy groups -OCH3 is 1. The maximum absolute atomic E-state index is 14.7. The minimum Gasteiger partial charge on any atom is -0.453 e. The fourth-order valence-corrected chi connectivity index (χ4v) is 2.44. The molecule has 1 aliphatic rings. The van der Waals surface area contributed by atoms with Gasteiger partial charge in [-0.05, 0) is 31.3 Å². The van der Waals surface area contributed by atoms with Gasteiger partial charge < -0.3 is 14.2 Å². The van der Waals surface area contributed by atoms with Gasteiger partial charge in [0.25, 0.3) is 0 Å². The third-order valence-electron chi connectivity index (χ3n) is 3.75. The Kier molecular flexibility index (Phi) is 5.01. The van der Waals surface area contributed by atoms with E-state index in [2.05, 4.69) is 0 Å². The van der Waals surface area contributed by atoms with E-state index in [0.717, 1.165) is 0 Å². The highest BCUT2D eigenvalue weighted by atomic mass is 19.1. The van der Waals surface area contributed by atoms with Crippen LogP contribution < -0.4 is 0 Å². The molecule has 1 aromatic carbocycles. The fourth-order valence-electron chi connectivity index (χ4n) is 2.44. The zero-order valence-electron chi connectivity index (χ0n) is 12.1. The van der Waals surface area contributed by atoms with E-state index in [0.29, 0.717) is 5.56 Å². The molecule has 4 unspecified atom stereocenters. The molecule has 0 saturated heterocycles. The van der Waals surface area contributed by atoms with Gasteiger partial charge in [-0.3, -0.25) is 0 Å². The molecular weight excluding hydrogens is 274 g/mol. The van der Waals surface area contributed by atoms with E-state index in [1.807, 2.05) is 0 Å². The van der Waals surface area contributed by atoms with E-state index in [1.54, 1.807) is 30.3 Å². The molecule has 0 N–H and O–H groups in total. The molecule has 4 nitrogen and oxygen atoms in total. The first-order chi connectivity index (χ1) is 9.96. The summed E-state index contributed by atoms with van der Waals surface area (Å²) in [7, 11) is 7.26. The van der Waals surface area contributed by atoms with E-state index in [-0.39, 0.29) is 13.2 Å². The van der Waals surface area contributed by atoms with Gasteiger partial charge in [0.15, 0.2) is 6.10 Å². The van der Waals surface area contributed by atoms with E-state index in [1.165, 1.54) is 14.0 Å². The normalized spacial score (nSPS) is 32.0. The molecule has 0 heterocycles. The van der Waals surface area contributed by atoms with Crippen molar-refractivity contribution in [2.24, 2.45) is 0 Å². The van der Waals surface area contributed by atoms with Gasteiger partial charge in [-0.15, -0.1) is 0 Å². The highest BCUT2D eigenvalue weighted by Crippen LogP contribution is 2.44. The van der Waals surface area contributed by atoms with Crippen LogP contribution in [0.3, 0.4) is 0 Å². The van der Waals surface area contributed by atoms with Crippen molar-refractivity contribution in [3.63, 3.8) is 0 Å². The van der Waals surface area contributed by atoms with Gasteiger partial charge in [0.2, 0.25) is 0 Å². The summed E-state index contributed by atoms with van der Waals surface area (Å²) >= 11 is 0. The quantitative estimate of drug-likeness (QED) is 0.474. The predicted octanol–water partition coefficient (Wildman–Crippen LogP) is 2.29. The van der Waals surface area contributed by atoms with Crippen molar-refractivity contribution in [3.05, 3.63) is 35.9 Å². The highest BCUT2D eigenvalue weighted by Gasteiger charge is 2.53. The first-order valence-corrected chi connectivity index (χ1v) is 6.78. The van der Waals surface area contributed by atoms with Crippen molar-refractivity contribution in [2.45, 2.75) is 37.0 Å². The number of hydrogen-bond donors (Lipinski definition) is 0. The van der Waals surface area contributed by atoms with Crippen molar-refractivity contribution < 1.29 is 23.4 Å². The molecular formula is C15H18BFO4. The van der Waals surface area contributed by atoms with Crippen molar-refractivity contribution in [1.29, 1.82) is 0 Å². The zero-order chi connectivity index (χ0) is 15.5. The topological polar surface area (TPSA) is 44.8 Å². The Hall–Kier alpha value is -1.40. The molecule has 6 heteroatoms. The zero-order valence-corrected chi connectivity index (χ0v) is 12.1. The van der Waals surface area contributed by atoms with Crippen molar-refractivity contribution >= 4 is 13.8 Å². The Morgan fingerprint density at radius 1 is 1.43 bits per heavy atom. The Morgan fingerprint density at radius 2 is 2.10 bits per heavy atom. The smallest absolute Gasteiger partial charge is 0.338 e. The predicted molar refractivity (Wildman–Crippen MR) is 76.0 cm³/mol. The van der Waals surface area contributed by atoms with Gasteiger partial charge in [-0.1, -0.05) is 18.2 Å². The van der Waals surface area contributed by atoms with Crippen LogP contribution in [0.25, 0.3) is 0 Å². The van der Waals surface area contributed by atoms with Gasteiger partial charge in [0.1, 0.15) is 18.6 Å². The minimum atomic E-state index is -1.84. The summed E-state index contributed by atoms with van der Waals surface area (Å²) in [6.07, 6.45) is -1.42. The summed E-state index contributed by atoms with van der Waals surface area (Å²) < 4.78 is 30.2. The largest absolute Gasteiger partial charge is 0.453 e. The number of carbonyl (C=O) groups is 1. The molecule has 0 aromatic heterocycles. The molecule has 2 radical (unpaired) electrons. The monoisotopic (exact) mass is 292 g/mol. The van der Waals surface area contributed by atoms with Crippen LogP contribution in [0.15, 0.2) is 30.3 Å². The van der Waals surface area contributed by atoms with Crippen LogP contribution in [0, 0.1) is 0 Å². The molecule has 21 heavy (non-hydrogen) atoms. The summed E-state index contributed by atoms with van der Waals surface area (Å²) in [5, 5.41) is 0. The van der Waals surface area contributed by atoms with Crippen LogP contribution in [-0.4, -0.2) is 45.6 Å². The lowest BCUT2D eigenvalue weighted by atomic mass is 9.77. The third-order valence-corrected chi connectivity index (χ3v) is 3.75. The van der Waals surface area contributed by atoms with Gasteiger partial charge >= 0.3 is 5.97 Å². The molecule has 4 atom stereocenters. The van der Waals surface area contributed by atoms with Crippen LogP contribution in [0.1, 0.15) is 23.7 Å². The molecule has 2 rings (SSSR count). The second-order valence-corrected chi connectivity index (χ2v) is 5.30. The standard InChI is InChI=1S/C15H18BFO4/c1-15(17)12(16)8-11(20-9-19-2)13(15)21-14(18)10-6-4-3-5-7-10/h3-7,11-13H,8-9H2,1-2H3. The van der Waals surface area contributed by atoms with Gasteiger partial charge in [0, 0.05) is 7.11 Å². The number of hydrogen-bond acceptors (Lipinski definition) is 4. The average molecular weight is 292 g/mol. The van der Waals surface area contributed by atoms with Crippen LogP contribution in [-0.2, 0) is 14.2 Å². The van der Waals surface area contributed by atoms with Crippen LogP contribution in [0.4, 0.5) is 4.39 Å². The Balaban J connectivity index is 2.12. The minimum absolute atomic E-state index is 0.00709. The molecule has 112 valence electrons. The van der Waals surface area contributed by atoms with Crippen molar-refractivity contribution in [3.8, 4) is 0 Å². The first kappa shape index (κ1) is 16.0. The van der Waals surface area contributed by atoms with E-state index >= 15 is 0 Å². The molecule has 1 saturated carbocycles. The molecule has 1 aliphatic carbocycles. The molecule has 0 aliphatic heterocycles. The Labute approximate surface area is 125 Å². The number of halogens is 1.